The molecular weight excluding hydrogens is 126 g/mol. The first-order valence-electron chi connectivity index (χ1n) is 2.35. The summed E-state index contributed by atoms with van der Waals surface area (Å²) in [5.41, 5.74) is 0.0301. The summed E-state index contributed by atoms with van der Waals surface area (Å²) in [7, 11) is 0. The van der Waals surface area contributed by atoms with Gasteiger partial charge in [-0.1, -0.05) is 0 Å². The minimum absolute atomic E-state index is 0.0301. The molecule has 0 fully saturated rings. The third-order valence-electron chi connectivity index (χ3n) is 0.890. The Hall–Kier alpha value is -1.06. The molecule has 0 N–H and O–H groups in total. The normalized spacial score (nSPS) is 9.67. The molecule has 0 amide bonds. The van der Waals surface area contributed by atoms with E-state index in [1.807, 2.05) is 0 Å². The summed E-state index contributed by atoms with van der Waals surface area (Å²) in [4.78, 5) is 6.11. The molecular formula is C5H4F2N2. The van der Waals surface area contributed by atoms with E-state index in [2.05, 4.69) is 9.97 Å². The highest BCUT2D eigenvalue weighted by Crippen LogP contribution is 1.98. The Bertz CT molecular complexity index is 224. The molecule has 0 bridgehead atoms. The van der Waals surface area contributed by atoms with Crippen LogP contribution in [0.25, 0.3) is 0 Å². The number of rotatable bonds is 0. The van der Waals surface area contributed by atoms with Crippen LogP contribution in [0.2, 0.25) is 0 Å². The molecule has 0 aliphatic carbocycles. The van der Waals surface area contributed by atoms with Crippen LogP contribution in [0.5, 0.6) is 0 Å². The standard InChI is InChI=1S/C5H4F2N2/c1-3-4(6)2-8-5(7)9-3/h2H,1H3. The highest BCUT2D eigenvalue weighted by atomic mass is 19.1. The number of hydrogen-bond acceptors (Lipinski definition) is 2. The fourth-order valence-electron chi connectivity index (χ4n) is 0.424. The maximum absolute atomic E-state index is 12.2. The lowest BCUT2D eigenvalue weighted by molar-refractivity contribution is 0.508. The van der Waals surface area contributed by atoms with Crippen molar-refractivity contribution >= 4 is 0 Å². The second-order valence-electron chi connectivity index (χ2n) is 1.57. The highest BCUT2D eigenvalue weighted by Gasteiger charge is 1.98. The highest BCUT2D eigenvalue weighted by molar-refractivity contribution is 4.98. The fourth-order valence-corrected chi connectivity index (χ4v) is 0.424. The second-order valence-corrected chi connectivity index (χ2v) is 1.57. The Morgan fingerprint density at radius 3 is 2.56 bits per heavy atom. The molecule has 0 spiro atoms. The van der Waals surface area contributed by atoms with Crippen molar-refractivity contribution < 1.29 is 8.78 Å². The van der Waals surface area contributed by atoms with Gasteiger partial charge in [0.05, 0.1) is 11.9 Å². The molecule has 1 rings (SSSR count). The van der Waals surface area contributed by atoms with Gasteiger partial charge < -0.3 is 0 Å². The molecule has 1 heterocycles. The Balaban J connectivity index is 3.17. The molecule has 0 saturated carbocycles. The number of nitrogens with zero attached hydrogens (tertiary/aromatic N) is 2. The maximum atomic E-state index is 12.2. The molecule has 0 aliphatic heterocycles. The molecule has 0 unspecified atom stereocenters. The number of hydrogen-bond donors (Lipinski definition) is 0. The van der Waals surface area contributed by atoms with Crippen LogP contribution in [0.1, 0.15) is 5.69 Å². The number of halogens is 2. The molecule has 0 atom stereocenters. The van der Waals surface area contributed by atoms with Crippen molar-refractivity contribution in [1.29, 1.82) is 0 Å². The summed E-state index contributed by atoms with van der Waals surface area (Å²) >= 11 is 0. The maximum Gasteiger partial charge on any atom is 0.308 e. The topological polar surface area (TPSA) is 25.8 Å². The van der Waals surface area contributed by atoms with Gasteiger partial charge in [0.15, 0.2) is 5.82 Å². The van der Waals surface area contributed by atoms with Crippen molar-refractivity contribution in [3.63, 3.8) is 0 Å². The lowest BCUT2D eigenvalue weighted by Gasteiger charge is -1.90. The number of aryl methyl sites for hydroxylation is 1. The Labute approximate surface area is 50.6 Å². The van der Waals surface area contributed by atoms with Gasteiger partial charge in [0.1, 0.15) is 0 Å². The fraction of sp³-hybridized carbons (Fsp3) is 0.200. The zero-order valence-electron chi connectivity index (χ0n) is 4.73. The Morgan fingerprint density at radius 1 is 1.44 bits per heavy atom. The molecule has 0 aliphatic rings. The van der Waals surface area contributed by atoms with Gasteiger partial charge in [-0.2, -0.15) is 4.39 Å². The predicted octanol–water partition coefficient (Wildman–Crippen LogP) is 1.06. The predicted molar refractivity (Wildman–Crippen MR) is 26.7 cm³/mol. The quantitative estimate of drug-likeness (QED) is 0.491. The lowest BCUT2D eigenvalue weighted by Crippen LogP contribution is -1.94. The zero-order valence-corrected chi connectivity index (χ0v) is 4.73. The summed E-state index contributed by atoms with van der Waals surface area (Å²) in [5.74, 6) is -0.587. The van der Waals surface area contributed by atoms with E-state index in [1.165, 1.54) is 6.92 Å². The number of aromatic nitrogens is 2. The van der Waals surface area contributed by atoms with Crippen LogP contribution in [-0.4, -0.2) is 9.97 Å². The Morgan fingerprint density at radius 2 is 2.11 bits per heavy atom. The van der Waals surface area contributed by atoms with Crippen molar-refractivity contribution in [1.82, 2.24) is 9.97 Å². The first kappa shape index (κ1) is 6.07. The SMILES string of the molecule is Cc1nc(F)ncc1F. The van der Waals surface area contributed by atoms with Gasteiger partial charge in [-0.15, -0.1) is 0 Å². The first-order valence-corrected chi connectivity index (χ1v) is 2.35. The minimum atomic E-state index is -0.895. The van der Waals surface area contributed by atoms with Crippen molar-refractivity contribution in [3.05, 3.63) is 23.8 Å². The molecule has 4 heteroatoms. The van der Waals surface area contributed by atoms with Crippen LogP contribution in [-0.2, 0) is 0 Å². The van der Waals surface area contributed by atoms with Crippen LogP contribution < -0.4 is 0 Å². The summed E-state index contributed by atoms with van der Waals surface area (Å²) in [6.07, 6.45) is -0.0913. The van der Waals surface area contributed by atoms with E-state index in [0.29, 0.717) is 0 Å². The lowest BCUT2D eigenvalue weighted by atomic mass is 10.4. The van der Waals surface area contributed by atoms with Crippen LogP contribution in [0.3, 0.4) is 0 Å². The van der Waals surface area contributed by atoms with Gasteiger partial charge >= 0.3 is 6.08 Å². The van der Waals surface area contributed by atoms with Crippen LogP contribution in [0, 0.1) is 18.8 Å². The summed E-state index contributed by atoms with van der Waals surface area (Å²) < 4.78 is 24.2. The summed E-state index contributed by atoms with van der Waals surface area (Å²) in [6.45, 7) is 1.38. The van der Waals surface area contributed by atoms with Gasteiger partial charge in [-0.05, 0) is 6.92 Å². The molecule has 2 nitrogen and oxygen atoms in total. The molecule has 1 aromatic heterocycles. The summed E-state index contributed by atoms with van der Waals surface area (Å²) in [6, 6.07) is 0. The average Bonchev–Trinajstić information content (AvgIpc) is 1.80. The molecule has 0 saturated heterocycles. The van der Waals surface area contributed by atoms with Crippen molar-refractivity contribution in [3.8, 4) is 0 Å². The smallest absolute Gasteiger partial charge is 0.208 e. The van der Waals surface area contributed by atoms with E-state index in [-0.39, 0.29) is 5.69 Å². The van der Waals surface area contributed by atoms with E-state index in [9.17, 15) is 8.78 Å². The molecule has 48 valence electrons. The van der Waals surface area contributed by atoms with E-state index in [4.69, 9.17) is 0 Å². The van der Waals surface area contributed by atoms with Gasteiger partial charge in [0, 0.05) is 0 Å². The van der Waals surface area contributed by atoms with Gasteiger partial charge in [0.2, 0.25) is 0 Å². The van der Waals surface area contributed by atoms with E-state index < -0.39 is 11.9 Å². The Kier molecular flexibility index (Phi) is 1.38. The van der Waals surface area contributed by atoms with Gasteiger partial charge in [0.25, 0.3) is 0 Å². The molecule has 1 aromatic rings. The van der Waals surface area contributed by atoms with Crippen molar-refractivity contribution in [2.75, 3.05) is 0 Å². The molecule has 0 aromatic carbocycles. The molecule has 0 radical (unpaired) electrons. The third kappa shape index (κ3) is 1.19. The van der Waals surface area contributed by atoms with E-state index in [1.54, 1.807) is 0 Å². The third-order valence-corrected chi connectivity index (χ3v) is 0.890. The minimum Gasteiger partial charge on any atom is -0.208 e. The van der Waals surface area contributed by atoms with Crippen LogP contribution in [0.4, 0.5) is 8.78 Å². The van der Waals surface area contributed by atoms with Gasteiger partial charge in [-0.25, -0.2) is 14.4 Å². The van der Waals surface area contributed by atoms with Crippen molar-refractivity contribution in [2.45, 2.75) is 6.92 Å². The van der Waals surface area contributed by atoms with Crippen LogP contribution in [0.15, 0.2) is 6.20 Å². The van der Waals surface area contributed by atoms with Crippen molar-refractivity contribution in [2.24, 2.45) is 0 Å². The monoisotopic (exact) mass is 130 g/mol. The van der Waals surface area contributed by atoms with E-state index >= 15 is 0 Å². The molecule has 9 heavy (non-hydrogen) atoms. The summed E-state index contributed by atoms with van der Waals surface area (Å²) in [5, 5.41) is 0. The largest absolute Gasteiger partial charge is 0.308 e. The van der Waals surface area contributed by atoms with Crippen LogP contribution >= 0.6 is 0 Å². The van der Waals surface area contributed by atoms with Gasteiger partial charge in [-0.3, -0.25) is 0 Å². The first-order chi connectivity index (χ1) is 4.20. The second kappa shape index (κ2) is 2.05. The zero-order chi connectivity index (χ0) is 6.85. The average molecular weight is 130 g/mol. The van der Waals surface area contributed by atoms with E-state index in [0.717, 1.165) is 6.20 Å².